The van der Waals surface area contributed by atoms with Gasteiger partial charge in [-0.05, 0) is 24.6 Å². The highest BCUT2D eigenvalue weighted by atomic mass is 32.2. The highest BCUT2D eigenvalue weighted by Crippen LogP contribution is 2.21. The summed E-state index contributed by atoms with van der Waals surface area (Å²) in [7, 11) is 0. The van der Waals surface area contributed by atoms with Crippen LogP contribution in [-0.4, -0.2) is 31.8 Å². The molecule has 2 aromatic rings. The number of aliphatic imine (C=N–C) groups is 1. The lowest BCUT2D eigenvalue weighted by atomic mass is 10.2. The first kappa shape index (κ1) is 13.0. The fourth-order valence-corrected chi connectivity index (χ4v) is 2.38. The van der Waals surface area contributed by atoms with Crippen molar-refractivity contribution in [3.05, 3.63) is 36.9 Å². The standard InChI is InChI=1S/C12H12N4S2/c1-17-12(18-2)16-11-6-10(14-8-15-11)9-4-3-5-13-7-9/h3-8H,1-2H3. The Balaban J connectivity index is 2.34. The maximum atomic E-state index is 4.45. The fourth-order valence-electron chi connectivity index (χ4n) is 1.35. The predicted octanol–water partition coefficient (Wildman–Crippen LogP) is 3.25. The van der Waals surface area contributed by atoms with Crippen LogP contribution in [0.15, 0.2) is 41.9 Å². The molecule has 0 aliphatic heterocycles. The average Bonchev–Trinajstić information content (AvgIpc) is 2.46. The Labute approximate surface area is 114 Å². The second-order valence-electron chi connectivity index (χ2n) is 3.29. The van der Waals surface area contributed by atoms with Crippen LogP contribution in [0.2, 0.25) is 0 Å². The van der Waals surface area contributed by atoms with Crippen LogP contribution in [0, 0.1) is 0 Å². The van der Waals surface area contributed by atoms with Gasteiger partial charge in [-0.3, -0.25) is 4.98 Å². The monoisotopic (exact) mass is 276 g/mol. The van der Waals surface area contributed by atoms with Gasteiger partial charge in [0.05, 0.1) is 5.69 Å². The van der Waals surface area contributed by atoms with Crippen molar-refractivity contribution in [3.63, 3.8) is 0 Å². The highest BCUT2D eigenvalue weighted by Gasteiger charge is 2.02. The van der Waals surface area contributed by atoms with Crippen molar-refractivity contribution in [2.24, 2.45) is 4.99 Å². The molecule has 0 bridgehead atoms. The normalized spacial score (nSPS) is 10.1. The first-order valence-electron chi connectivity index (χ1n) is 5.22. The zero-order valence-electron chi connectivity index (χ0n) is 10.1. The predicted molar refractivity (Wildman–Crippen MR) is 79.4 cm³/mol. The van der Waals surface area contributed by atoms with E-state index in [1.807, 2.05) is 30.7 Å². The van der Waals surface area contributed by atoms with Gasteiger partial charge in [0.1, 0.15) is 10.7 Å². The molecule has 0 fully saturated rings. The van der Waals surface area contributed by atoms with Gasteiger partial charge in [0.2, 0.25) is 0 Å². The molecule has 0 radical (unpaired) electrons. The van der Waals surface area contributed by atoms with Gasteiger partial charge in [-0.1, -0.05) is 0 Å². The summed E-state index contributed by atoms with van der Waals surface area (Å²) < 4.78 is 0.978. The van der Waals surface area contributed by atoms with Crippen molar-refractivity contribution < 1.29 is 0 Å². The van der Waals surface area contributed by atoms with Gasteiger partial charge in [-0.25, -0.2) is 15.0 Å². The van der Waals surface area contributed by atoms with Crippen LogP contribution in [0.25, 0.3) is 11.3 Å². The molecule has 0 aliphatic carbocycles. The van der Waals surface area contributed by atoms with Crippen molar-refractivity contribution in [2.45, 2.75) is 0 Å². The second kappa shape index (κ2) is 6.51. The quantitative estimate of drug-likeness (QED) is 0.622. The Morgan fingerprint density at radius 2 is 2.06 bits per heavy atom. The third-order valence-corrected chi connectivity index (χ3v) is 4.05. The molecular weight excluding hydrogens is 264 g/mol. The second-order valence-corrected chi connectivity index (χ2v) is 5.14. The fraction of sp³-hybridized carbons (Fsp3) is 0.167. The first-order chi connectivity index (χ1) is 8.83. The van der Waals surface area contributed by atoms with E-state index >= 15 is 0 Å². The Hall–Kier alpha value is -1.40. The van der Waals surface area contributed by atoms with Crippen molar-refractivity contribution in [1.82, 2.24) is 15.0 Å². The lowest BCUT2D eigenvalue weighted by molar-refractivity contribution is 1.15. The van der Waals surface area contributed by atoms with E-state index in [0.717, 1.165) is 15.6 Å². The number of rotatable bonds is 2. The molecule has 2 aromatic heterocycles. The summed E-state index contributed by atoms with van der Waals surface area (Å²) in [6.45, 7) is 0. The summed E-state index contributed by atoms with van der Waals surface area (Å²) in [5.41, 5.74) is 1.80. The van der Waals surface area contributed by atoms with Gasteiger partial charge in [0.25, 0.3) is 0 Å². The maximum Gasteiger partial charge on any atom is 0.157 e. The molecule has 6 heteroatoms. The molecular formula is C12H12N4S2. The highest BCUT2D eigenvalue weighted by molar-refractivity contribution is 8.38. The van der Waals surface area contributed by atoms with E-state index in [2.05, 4.69) is 19.9 Å². The number of pyridine rings is 1. The molecule has 4 nitrogen and oxygen atoms in total. The zero-order chi connectivity index (χ0) is 12.8. The molecule has 0 saturated heterocycles. The Morgan fingerprint density at radius 1 is 1.22 bits per heavy atom. The number of nitrogens with zero attached hydrogens (tertiary/aromatic N) is 4. The van der Waals surface area contributed by atoms with E-state index in [1.54, 1.807) is 35.9 Å². The molecule has 2 heterocycles. The van der Waals surface area contributed by atoms with Gasteiger partial charge < -0.3 is 0 Å². The van der Waals surface area contributed by atoms with Gasteiger partial charge in [-0.15, -0.1) is 23.5 Å². The van der Waals surface area contributed by atoms with Crippen LogP contribution in [-0.2, 0) is 0 Å². The average molecular weight is 276 g/mol. The molecule has 0 aliphatic rings. The Kier molecular flexibility index (Phi) is 4.72. The zero-order valence-corrected chi connectivity index (χ0v) is 11.7. The van der Waals surface area contributed by atoms with Crippen molar-refractivity contribution in [1.29, 1.82) is 0 Å². The summed E-state index contributed by atoms with van der Waals surface area (Å²) in [4.78, 5) is 16.9. The molecule has 0 unspecified atom stereocenters. The number of hydrogen-bond acceptors (Lipinski definition) is 6. The summed E-state index contributed by atoms with van der Waals surface area (Å²) in [6, 6.07) is 5.71. The summed E-state index contributed by atoms with van der Waals surface area (Å²) >= 11 is 3.21. The van der Waals surface area contributed by atoms with Crippen molar-refractivity contribution in [2.75, 3.05) is 12.5 Å². The van der Waals surface area contributed by atoms with Gasteiger partial charge in [0.15, 0.2) is 5.82 Å². The molecule has 0 N–H and O–H groups in total. The lowest BCUT2D eigenvalue weighted by Crippen LogP contribution is -1.88. The van der Waals surface area contributed by atoms with Crippen LogP contribution in [0.3, 0.4) is 0 Å². The molecule has 0 saturated carbocycles. The third-order valence-electron chi connectivity index (χ3n) is 2.17. The minimum atomic E-state index is 0.669. The van der Waals surface area contributed by atoms with Crippen LogP contribution < -0.4 is 0 Å². The van der Waals surface area contributed by atoms with E-state index in [-0.39, 0.29) is 0 Å². The minimum Gasteiger partial charge on any atom is -0.264 e. The van der Waals surface area contributed by atoms with Crippen LogP contribution >= 0.6 is 23.5 Å². The molecule has 0 amide bonds. The molecule has 18 heavy (non-hydrogen) atoms. The number of thioether (sulfide) groups is 2. The molecule has 0 spiro atoms. The molecule has 2 rings (SSSR count). The van der Waals surface area contributed by atoms with Gasteiger partial charge in [-0.2, -0.15) is 0 Å². The SMILES string of the molecule is CSC(=Nc1cc(-c2cccnc2)ncn1)SC. The van der Waals surface area contributed by atoms with Gasteiger partial charge in [0, 0.05) is 24.0 Å². The van der Waals surface area contributed by atoms with Crippen LogP contribution in [0.4, 0.5) is 5.82 Å². The summed E-state index contributed by atoms with van der Waals surface area (Å²) in [6.07, 6.45) is 9.04. The molecule has 0 aromatic carbocycles. The Morgan fingerprint density at radius 3 is 2.72 bits per heavy atom. The largest absolute Gasteiger partial charge is 0.264 e. The van der Waals surface area contributed by atoms with E-state index in [4.69, 9.17) is 0 Å². The summed E-state index contributed by atoms with van der Waals surface area (Å²) in [5.74, 6) is 0.669. The topological polar surface area (TPSA) is 51.0 Å². The van der Waals surface area contributed by atoms with Gasteiger partial charge >= 0.3 is 0 Å². The van der Waals surface area contributed by atoms with Crippen LogP contribution in [0.1, 0.15) is 0 Å². The van der Waals surface area contributed by atoms with E-state index in [9.17, 15) is 0 Å². The Bertz CT molecular complexity index is 537. The van der Waals surface area contributed by atoms with E-state index in [0.29, 0.717) is 5.82 Å². The first-order valence-corrected chi connectivity index (χ1v) is 7.67. The molecule has 92 valence electrons. The number of hydrogen-bond donors (Lipinski definition) is 0. The number of aromatic nitrogens is 3. The summed E-state index contributed by atoms with van der Waals surface area (Å²) in [5, 5.41) is 0. The minimum absolute atomic E-state index is 0.669. The van der Waals surface area contributed by atoms with E-state index in [1.165, 1.54) is 6.33 Å². The van der Waals surface area contributed by atoms with Crippen LogP contribution in [0.5, 0.6) is 0 Å². The van der Waals surface area contributed by atoms with Crippen molar-refractivity contribution >= 4 is 33.7 Å². The van der Waals surface area contributed by atoms with E-state index < -0.39 is 0 Å². The maximum absolute atomic E-state index is 4.45. The smallest absolute Gasteiger partial charge is 0.157 e. The molecule has 0 atom stereocenters. The third kappa shape index (κ3) is 3.30. The van der Waals surface area contributed by atoms with Crippen molar-refractivity contribution in [3.8, 4) is 11.3 Å². The lowest BCUT2D eigenvalue weighted by Gasteiger charge is -2.01.